The van der Waals surface area contributed by atoms with Crippen LogP contribution < -0.4 is 5.32 Å². The first-order chi connectivity index (χ1) is 13.3. The second kappa shape index (κ2) is 8.78. The van der Waals surface area contributed by atoms with Crippen molar-refractivity contribution in [2.24, 2.45) is 5.92 Å². The van der Waals surface area contributed by atoms with Crippen LogP contribution in [-0.4, -0.2) is 31.7 Å². The number of nitrogens with zero attached hydrogens (tertiary/aromatic N) is 1. The van der Waals surface area contributed by atoms with Crippen molar-refractivity contribution in [3.05, 3.63) is 63.9 Å². The molecule has 1 atom stereocenters. The van der Waals surface area contributed by atoms with Gasteiger partial charge in [-0.15, -0.1) is 0 Å². The third-order valence-electron chi connectivity index (χ3n) is 4.65. The fourth-order valence-electron chi connectivity index (χ4n) is 3.13. The maximum absolute atomic E-state index is 13.0. The molecule has 1 fully saturated rings. The Kier molecular flexibility index (Phi) is 6.60. The molecule has 1 aliphatic heterocycles. The summed E-state index contributed by atoms with van der Waals surface area (Å²) in [6, 6.07) is 10.3. The molecule has 28 heavy (non-hydrogen) atoms. The quantitative estimate of drug-likeness (QED) is 0.746. The molecule has 1 N–H and O–H groups in total. The van der Waals surface area contributed by atoms with E-state index in [0.29, 0.717) is 40.7 Å². The van der Waals surface area contributed by atoms with Crippen LogP contribution in [0, 0.1) is 11.7 Å². The van der Waals surface area contributed by atoms with Gasteiger partial charge in [0.05, 0.1) is 11.7 Å². The van der Waals surface area contributed by atoms with Crippen LogP contribution in [0.1, 0.15) is 18.4 Å². The Morgan fingerprint density at radius 1 is 1.14 bits per heavy atom. The fraction of sp³-hybridized carbons (Fsp3) is 0.316. The molecule has 0 spiro atoms. The van der Waals surface area contributed by atoms with Gasteiger partial charge in [0.2, 0.25) is 15.9 Å². The minimum absolute atomic E-state index is 0.0808. The zero-order valence-corrected chi connectivity index (χ0v) is 17.2. The van der Waals surface area contributed by atoms with E-state index in [1.165, 1.54) is 28.6 Å². The Morgan fingerprint density at radius 2 is 1.79 bits per heavy atom. The van der Waals surface area contributed by atoms with Crippen LogP contribution >= 0.6 is 23.2 Å². The van der Waals surface area contributed by atoms with Gasteiger partial charge in [-0.05, 0) is 49.2 Å². The molecule has 9 heteroatoms. The molecule has 1 saturated heterocycles. The first-order valence-electron chi connectivity index (χ1n) is 8.73. The van der Waals surface area contributed by atoms with Gasteiger partial charge in [0.15, 0.2) is 0 Å². The van der Waals surface area contributed by atoms with Crippen molar-refractivity contribution in [1.82, 2.24) is 4.31 Å². The second-order valence-electron chi connectivity index (χ2n) is 6.65. The van der Waals surface area contributed by atoms with Crippen LogP contribution in [0.25, 0.3) is 0 Å². The van der Waals surface area contributed by atoms with Crippen LogP contribution in [0.4, 0.5) is 10.1 Å². The first kappa shape index (κ1) is 21.0. The molecular formula is C19H19Cl2FN2O3S. The summed E-state index contributed by atoms with van der Waals surface area (Å²) in [6.45, 7) is 0.419. The number of amides is 1. The van der Waals surface area contributed by atoms with Gasteiger partial charge < -0.3 is 5.32 Å². The highest BCUT2D eigenvalue weighted by atomic mass is 35.5. The summed E-state index contributed by atoms with van der Waals surface area (Å²) >= 11 is 12.2. The van der Waals surface area contributed by atoms with Crippen LogP contribution in [0.15, 0.2) is 42.5 Å². The highest BCUT2D eigenvalue weighted by Gasteiger charge is 2.33. The lowest BCUT2D eigenvalue weighted by Gasteiger charge is -2.31. The van der Waals surface area contributed by atoms with Gasteiger partial charge in [-0.25, -0.2) is 17.1 Å². The van der Waals surface area contributed by atoms with Crippen molar-refractivity contribution in [3.8, 4) is 0 Å². The Labute approximate surface area is 173 Å². The van der Waals surface area contributed by atoms with Crippen molar-refractivity contribution < 1.29 is 17.6 Å². The maximum Gasteiger partial charge on any atom is 0.228 e. The standard InChI is InChI=1S/C19H19Cl2FN2O3S/c20-17-4-1-5-18(21)16(17)12-28(26,27)24-10-2-3-13(11-24)19(25)23-15-8-6-14(22)7-9-15/h1,4-9,13H,2-3,10-12H2,(H,23,25). The molecule has 150 valence electrons. The van der Waals surface area contributed by atoms with E-state index in [2.05, 4.69) is 5.32 Å². The number of rotatable bonds is 5. The molecule has 2 aromatic rings. The van der Waals surface area contributed by atoms with Crippen molar-refractivity contribution in [3.63, 3.8) is 0 Å². The number of anilines is 1. The van der Waals surface area contributed by atoms with Gasteiger partial charge in [0.25, 0.3) is 0 Å². The number of carbonyl (C=O) groups excluding carboxylic acids is 1. The Morgan fingerprint density at radius 3 is 2.43 bits per heavy atom. The van der Waals surface area contributed by atoms with Gasteiger partial charge in [-0.2, -0.15) is 0 Å². The molecule has 0 radical (unpaired) electrons. The van der Waals surface area contributed by atoms with E-state index >= 15 is 0 Å². The predicted octanol–water partition coefficient (Wildman–Crippen LogP) is 4.31. The van der Waals surface area contributed by atoms with Crippen LogP contribution in [0.5, 0.6) is 0 Å². The SMILES string of the molecule is O=C(Nc1ccc(F)cc1)C1CCCN(S(=O)(=O)Cc2c(Cl)cccc2Cl)C1. The third kappa shape index (κ3) is 5.03. The number of halogens is 3. The monoisotopic (exact) mass is 444 g/mol. The lowest BCUT2D eigenvalue weighted by atomic mass is 9.99. The molecule has 5 nitrogen and oxygen atoms in total. The van der Waals surface area contributed by atoms with Crippen LogP contribution in [0.3, 0.4) is 0 Å². The lowest BCUT2D eigenvalue weighted by molar-refractivity contribution is -0.120. The Hall–Kier alpha value is -1.67. The number of hydrogen-bond acceptors (Lipinski definition) is 3. The van der Waals surface area contributed by atoms with Crippen LogP contribution in [0.2, 0.25) is 10.0 Å². The van der Waals surface area contributed by atoms with Crippen LogP contribution in [-0.2, 0) is 20.6 Å². The zero-order valence-electron chi connectivity index (χ0n) is 14.9. The van der Waals surface area contributed by atoms with E-state index in [9.17, 15) is 17.6 Å². The van der Waals surface area contributed by atoms with Crippen molar-refractivity contribution in [2.45, 2.75) is 18.6 Å². The highest BCUT2D eigenvalue weighted by Crippen LogP contribution is 2.29. The number of sulfonamides is 1. The third-order valence-corrected chi connectivity index (χ3v) is 7.13. The molecule has 3 rings (SSSR count). The largest absolute Gasteiger partial charge is 0.326 e. The van der Waals surface area contributed by atoms with E-state index in [0.717, 1.165) is 0 Å². The minimum atomic E-state index is -3.69. The lowest BCUT2D eigenvalue weighted by Crippen LogP contribution is -2.44. The fourth-order valence-corrected chi connectivity index (χ4v) is 5.49. The Bertz CT molecular complexity index is 947. The molecule has 0 saturated carbocycles. The van der Waals surface area contributed by atoms with Crippen molar-refractivity contribution in [1.29, 1.82) is 0 Å². The summed E-state index contributed by atoms with van der Waals surface area (Å²) in [5, 5.41) is 3.29. The summed E-state index contributed by atoms with van der Waals surface area (Å²) in [7, 11) is -3.69. The number of hydrogen-bond donors (Lipinski definition) is 1. The van der Waals surface area contributed by atoms with Gasteiger partial charge in [0.1, 0.15) is 5.82 Å². The molecule has 1 heterocycles. The van der Waals surface area contributed by atoms with Gasteiger partial charge in [-0.3, -0.25) is 4.79 Å². The summed E-state index contributed by atoms with van der Waals surface area (Å²) in [4.78, 5) is 12.5. The average molecular weight is 445 g/mol. The second-order valence-corrected chi connectivity index (χ2v) is 9.43. The average Bonchev–Trinajstić information content (AvgIpc) is 2.67. The number of piperidine rings is 1. The smallest absolute Gasteiger partial charge is 0.228 e. The normalized spacial score (nSPS) is 18.0. The van der Waals surface area contributed by atoms with E-state index < -0.39 is 21.8 Å². The molecule has 1 unspecified atom stereocenters. The molecule has 0 bridgehead atoms. The van der Waals surface area contributed by atoms with E-state index in [1.54, 1.807) is 18.2 Å². The maximum atomic E-state index is 13.0. The van der Waals surface area contributed by atoms with Gasteiger partial charge in [0, 0.05) is 34.4 Å². The van der Waals surface area contributed by atoms with Crippen molar-refractivity contribution in [2.75, 3.05) is 18.4 Å². The highest BCUT2D eigenvalue weighted by molar-refractivity contribution is 7.88. The topological polar surface area (TPSA) is 66.5 Å². The van der Waals surface area contributed by atoms with E-state index in [-0.39, 0.29) is 18.2 Å². The molecule has 1 aliphatic rings. The number of carbonyl (C=O) groups is 1. The van der Waals surface area contributed by atoms with Gasteiger partial charge >= 0.3 is 0 Å². The molecular weight excluding hydrogens is 426 g/mol. The Balaban J connectivity index is 1.69. The molecule has 2 aromatic carbocycles. The summed E-state index contributed by atoms with van der Waals surface area (Å²) in [6.07, 6.45) is 1.14. The molecule has 0 aromatic heterocycles. The predicted molar refractivity (Wildman–Crippen MR) is 108 cm³/mol. The first-order valence-corrected chi connectivity index (χ1v) is 11.1. The number of nitrogens with one attached hydrogen (secondary N) is 1. The molecule has 1 amide bonds. The van der Waals surface area contributed by atoms with Crippen molar-refractivity contribution >= 4 is 44.8 Å². The summed E-state index contributed by atoms with van der Waals surface area (Å²) in [5.41, 5.74) is 0.818. The van der Waals surface area contributed by atoms with E-state index in [4.69, 9.17) is 23.2 Å². The number of benzene rings is 2. The summed E-state index contributed by atoms with van der Waals surface area (Å²) < 4.78 is 40.0. The minimum Gasteiger partial charge on any atom is -0.326 e. The molecule has 0 aliphatic carbocycles. The van der Waals surface area contributed by atoms with Gasteiger partial charge in [-0.1, -0.05) is 29.3 Å². The van der Waals surface area contributed by atoms with E-state index in [1.807, 2.05) is 0 Å². The summed E-state index contributed by atoms with van der Waals surface area (Å²) in [5.74, 6) is -1.50. The zero-order chi connectivity index (χ0) is 20.3.